The van der Waals surface area contributed by atoms with Crippen molar-refractivity contribution in [2.45, 2.75) is 99.4 Å². The second-order valence-corrected chi connectivity index (χ2v) is 18.5. The molecule has 4 aliphatic rings. The Morgan fingerprint density at radius 3 is 2.31 bits per heavy atom. The number of aliphatic hydroxyl groups is 2. The number of aliphatic hydroxyl groups excluding tert-OH is 2. The summed E-state index contributed by atoms with van der Waals surface area (Å²) in [4.78, 5) is 17.1. The van der Waals surface area contributed by atoms with Gasteiger partial charge in [-0.3, -0.25) is 10.1 Å². The summed E-state index contributed by atoms with van der Waals surface area (Å²) in [6.45, 7) is 4.82. The molecule has 326 valence electrons. The molecule has 0 bridgehead atoms. The first-order valence-corrected chi connectivity index (χ1v) is 23.3. The molecule has 0 aromatic heterocycles. The summed E-state index contributed by atoms with van der Waals surface area (Å²) in [5, 5.41) is 36.5. The van der Waals surface area contributed by atoms with E-state index in [1.54, 1.807) is 18.2 Å². The molecule has 6 unspecified atom stereocenters. The van der Waals surface area contributed by atoms with Crippen molar-refractivity contribution in [3.63, 3.8) is 0 Å². The van der Waals surface area contributed by atoms with E-state index in [9.17, 15) is 20.3 Å². The molecule has 10 nitrogen and oxygen atoms in total. The van der Waals surface area contributed by atoms with E-state index < -0.39 is 10.7 Å². The van der Waals surface area contributed by atoms with Crippen molar-refractivity contribution in [3.8, 4) is 28.4 Å². The minimum Gasteiger partial charge on any atom is -0.460 e. The number of nitrogens with zero attached hydrogens (tertiary/aromatic N) is 2. The molecule has 8 rings (SSSR count). The van der Waals surface area contributed by atoms with Gasteiger partial charge in [-0.15, -0.1) is 18.3 Å². The standard InChI is InChI=1S/C51H58N2O8S/c1-2-30-58-51-48(62-42-15-6-7-16-42)33-46(52-59-34-35-18-22-39(23-19-35)53(56)57)44-31-38(14-8-10-28-54)43(17-9-11-29-55)49(50(44)51)45-32-41(26-27-47(45)61-51)60-40-24-20-37(21-25-40)36-12-4-3-5-13-36/h2-5,12-13,18-27,31-32,38,42-43,48-50,54-55H,1,6-11,14-17,28-30,33-34H2. The van der Waals surface area contributed by atoms with Gasteiger partial charge in [0.2, 0.25) is 5.79 Å². The van der Waals surface area contributed by atoms with Crippen molar-refractivity contribution in [1.82, 2.24) is 0 Å². The molecule has 0 radical (unpaired) electrons. The topological polar surface area (TPSA) is 133 Å². The lowest BCUT2D eigenvalue weighted by Crippen LogP contribution is -2.64. The van der Waals surface area contributed by atoms with Crippen LogP contribution in [0.1, 0.15) is 87.7 Å². The number of fused-ring (bicyclic) bond motifs is 2. The third-order valence-corrected chi connectivity index (χ3v) is 14.7. The predicted octanol–water partition coefficient (Wildman–Crippen LogP) is 11.6. The normalized spacial score (nSPS) is 24.7. The Morgan fingerprint density at radius 1 is 0.887 bits per heavy atom. The number of nitro groups is 1. The molecule has 4 aromatic carbocycles. The van der Waals surface area contributed by atoms with Crippen molar-refractivity contribution in [2.24, 2.45) is 22.9 Å². The van der Waals surface area contributed by atoms with Crippen molar-refractivity contribution < 1.29 is 34.2 Å². The van der Waals surface area contributed by atoms with E-state index in [1.165, 1.54) is 25.0 Å². The zero-order chi connectivity index (χ0) is 42.9. The fraction of sp³-hybridized carbons (Fsp3) is 0.431. The van der Waals surface area contributed by atoms with E-state index in [0.29, 0.717) is 31.1 Å². The van der Waals surface area contributed by atoms with Gasteiger partial charge in [0.25, 0.3) is 5.69 Å². The Bertz CT molecular complexity index is 2190. The molecule has 0 saturated heterocycles. The Labute approximate surface area is 369 Å². The second-order valence-electron chi connectivity index (χ2n) is 17.0. The Hall–Kier alpha value is -4.94. The molecule has 1 aliphatic heterocycles. The third kappa shape index (κ3) is 9.66. The molecule has 3 aliphatic carbocycles. The molecule has 4 aromatic rings. The SMILES string of the molecule is C=CCOC12Oc3ccc(Oc4ccc(-c5ccccc5)cc4)cc3C3C(CCCCO)C(CCCCO)C=C(C(=NOCc4ccc([N+](=O)[O-])cc4)CC1SC1CCCC1)C32. The van der Waals surface area contributed by atoms with E-state index in [1.807, 2.05) is 48.2 Å². The van der Waals surface area contributed by atoms with Crippen LogP contribution in [-0.4, -0.2) is 57.0 Å². The average molecular weight is 859 g/mol. The summed E-state index contributed by atoms with van der Waals surface area (Å²) in [7, 11) is 0. The second kappa shape index (κ2) is 20.5. The number of oxime groups is 1. The van der Waals surface area contributed by atoms with Crippen molar-refractivity contribution in [2.75, 3.05) is 19.8 Å². The lowest BCUT2D eigenvalue weighted by molar-refractivity contribution is -0.384. The Kier molecular flexibility index (Phi) is 14.4. The minimum atomic E-state index is -1.04. The first-order valence-electron chi connectivity index (χ1n) is 22.3. The van der Waals surface area contributed by atoms with Crippen molar-refractivity contribution in [3.05, 3.63) is 143 Å². The minimum absolute atomic E-state index is 0.0290. The highest BCUT2D eigenvalue weighted by molar-refractivity contribution is 8.00. The number of ether oxygens (including phenoxy) is 3. The van der Waals surface area contributed by atoms with Gasteiger partial charge >= 0.3 is 0 Å². The smallest absolute Gasteiger partial charge is 0.269 e. The van der Waals surface area contributed by atoms with Crippen LogP contribution in [-0.2, 0) is 16.2 Å². The van der Waals surface area contributed by atoms with Crippen LogP contribution in [0.5, 0.6) is 17.2 Å². The number of nitro benzene ring substituents is 1. The van der Waals surface area contributed by atoms with Crippen LogP contribution in [0.25, 0.3) is 11.1 Å². The maximum Gasteiger partial charge on any atom is 0.269 e. The van der Waals surface area contributed by atoms with E-state index in [-0.39, 0.29) is 54.4 Å². The van der Waals surface area contributed by atoms with Gasteiger partial charge in [0, 0.05) is 48.5 Å². The highest BCUT2D eigenvalue weighted by Crippen LogP contribution is 2.63. The molecule has 0 spiro atoms. The number of hydrogen-bond donors (Lipinski definition) is 2. The molecule has 0 amide bonds. The summed E-state index contributed by atoms with van der Waals surface area (Å²) in [5.41, 5.74) is 6.07. The van der Waals surface area contributed by atoms with E-state index in [4.69, 9.17) is 24.2 Å². The van der Waals surface area contributed by atoms with Gasteiger partial charge in [-0.1, -0.05) is 85.5 Å². The lowest BCUT2D eigenvalue weighted by atomic mass is 9.56. The van der Waals surface area contributed by atoms with Crippen molar-refractivity contribution in [1.29, 1.82) is 0 Å². The largest absolute Gasteiger partial charge is 0.460 e. The van der Waals surface area contributed by atoms with Gasteiger partial charge in [-0.05, 0) is 115 Å². The first-order chi connectivity index (χ1) is 30.4. The number of unbranched alkanes of at least 4 members (excludes halogenated alkanes) is 2. The van der Waals surface area contributed by atoms with E-state index >= 15 is 0 Å². The van der Waals surface area contributed by atoms with Crippen LogP contribution >= 0.6 is 11.8 Å². The van der Waals surface area contributed by atoms with Gasteiger partial charge in [-0.2, -0.15) is 0 Å². The van der Waals surface area contributed by atoms with Crippen LogP contribution in [0.15, 0.2) is 127 Å². The number of thioether (sulfide) groups is 1. The fourth-order valence-corrected chi connectivity index (χ4v) is 11.9. The molecule has 2 fully saturated rings. The predicted molar refractivity (Wildman–Crippen MR) is 245 cm³/mol. The van der Waals surface area contributed by atoms with Gasteiger partial charge in [0.15, 0.2) is 0 Å². The molecule has 62 heavy (non-hydrogen) atoms. The molecular weight excluding hydrogens is 801 g/mol. The molecular formula is C51H58N2O8S. The van der Waals surface area contributed by atoms with Crippen molar-refractivity contribution >= 4 is 23.2 Å². The molecule has 2 N–H and O–H groups in total. The highest BCUT2D eigenvalue weighted by atomic mass is 32.2. The quantitative estimate of drug-likeness (QED) is 0.0386. The summed E-state index contributed by atoms with van der Waals surface area (Å²) >= 11 is 1.96. The zero-order valence-electron chi connectivity index (χ0n) is 35.3. The zero-order valence-corrected chi connectivity index (χ0v) is 36.1. The molecule has 6 atom stereocenters. The number of non-ortho nitro benzene ring substituents is 1. The monoisotopic (exact) mass is 858 g/mol. The van der Waals surface area contributed by atoms with Crippen LogP contribution in [0.4, 0.5) is 5.69 Å². The summed E-state index contributed by atoms with van der Waals surface area (Å²) in [6, 6.07) is 31.1. The maximum atomic E-state index is 11.3. The number of hydrogen-bond acceptors (Lipinski definition) is 10. The van der Waals surface area contributed by atoms with E-state index in [2.05, 4.69) is 49.1 Å². The molecule has 2 saturated carbocycles. The third-order valence-electron chi connectivity index (χ3n) is 13.0. The van der Waals surface area contributed by atoms with Crippen LogP contribution < -0.4 is 9.47 Å². The Morgan fingerprint density at radius 2 is 1.60 bits per heavy atom. The number of benzene rings is 4. The van der Waals surface area contributed by atoms with E-state index in [0.717, 1.165) is 89.3 Å². The van der Waals surface area contributed by atoms with Crippen LogP contribution in [0.3, 0.4) is 0 Å². The maximum absolute atomic E-state index is 11.3. The van der Waals surface area contributed by atoms with Gasteiger partial charge in [0.1, 0.15) is 23.9 Å². The van der Waals surface area contributed by atoms with Gasteiger partial charge < -0.3 is 29.3 Å². The van der Waals surface area contributed by atoms with Crippen LogP contribution in [0.2, 0.25) is 0 Å². The lowest BCUT2D eigenvalue weighted by Gasteiger charge is -2.58. The number of allylic oxidation sites excluding steroid dienone is 1. The van der Waals surface area contributed by atoms with Crippen LogP contribution in [0, 0.1) is 27.9 Å². The van der Waals surface area contributed by atoms with Gasteiger partial charge in [-0.25, -0.2) is 0 Å². The number of rotatable bonds is 20. The first kappa shape index (κ1) is 43.7. The fourth-order valence-electron chi connectivity index (χ4n) is 10.1. The molecule has 1 heterocycles. The average Bonchev–Trinajstić information content (AvgIpc) is 3.82. The van der Waals surface area contributed by atoms with Gasteiger partial charge in [0.05, 0.1) is 28.4 Å². The summed E-state index contributed by atoms with van der Waals surface area (Å²) < 4.78 is 21.1. The summed E-state index contributed by atoms with van der Waals surface area (Å²) in [6.07, 6.45) is 14.4. The Balaban J connectivity index is 1.22. The summed E-state index contributed by atoms with van der Waals surface area (Å²) in [5.74, 6) is 1.21. The molecule has 11 heteroatoms. The highest BCUT2D eigenvalue weighted by Gasteiger charge is 2.64.